The van der Waals surface area contributed by atoms with Crippen molar-refractivity contribution in [2.75, 3.05) is 19.8 Å². The van der Waals surface area contributed by atoms with Crippen molar-refractivity contribution >= 4 is 12.1 Å². The second-order valence-corrected chi connectivity index (χ2v) is 5.33. The predicted molar refractivity (Wildman–Crippen MR) is 78.5 cm³/mol. The molecule has 0 aromatic rings. The summed E-state index contributed by atoms with van der Waals surface area (Å²) in [6.07, 6.45) is 6.31. The summed E-state index contributed by atoms with van der Waals surface area (Å²) < 4.78 is 9.89. The molecule has 0 fully saturated rings. The Balaban J connectivity index is 3.38. The molecule has 0 spiro atoms. The van der Waals surface area contributed by atoms with Crippen molar-refractivity contribution in [3.05, 3.63) is 0 Å². The average molecular weight is 287 g/mol. The summed E-state index contributed by atoms with van der Waals surface area (Å²) >= 11 is 0. The number of nitrogens with one attached hydrogen (secondary N) is 1. The normalized spacial score (nSPS) is 10.4. The number of carbonyl (C=O) groups is 2. The number of alkyl carbamates (subject to hydrolysis) is 1. The summed E-state index contributed by atoms with van der Waals surface area (Å²) in [5.41, 5.74) is 0. The number of rotatable bonds is 11. The van der Waals surface area contributed by atoms with E-state index in [0.29, 0.717) is 13.2 Å². The fourth-order valence-electron chi connectivity index (χ4n) is 1.56. The van der Waals surface area contributed by atoms with Gasteiger partial charge in [0, 0.05) is 0 Å². The second-order valence-electron chi connectivity index (χ2n) is 5.33. The maximum absolute atomic E-state index is 11.3. The molecule has 20 heavy (non-hydrogen) atoms. The number of unbranched alkanes of at least 4 members (excludes halogenated alkanes) is 5. The van der Waals surface area contributed by atoms with Crippen molar-refractivity contribution in [1.29, 1.82) is 0 Å². The van der Waals surface area contributed by atoms with Crippen LogP contribution in [0.1, 0.15) is 59.3 Å². The summed E-state index contributed by atoms with van der Waals surface area (Å²) in [6.45, 7) is 6.71. The molecule has 5 nitrogen and oxygen atoms in total. The molecule has 0 saturated heterocycles. The van der Waals surface area contributed by atoms with E-state index < -0.39 is 12.1 Å². The van der Waals surface area contributed by atoms with E-state index in [0.717, 1.165) is 12.8 Å². The molecule has 1 amide bonds. The van der Waals surface area contributed by atoms with E-state index in [1.165, 1.54) is 25.7 Å². The minimum Gasteiger partial charge on any atom is -0.464 e. The van der Waals surface area contributed by atoms with Gasteiger partial charge < -0.3 is 14.8 Å². The van der Waals surface area contributed by atoms with Crippen molar-refractivity contribution in [1.82, 2.24) is 5.32 Å². The molecule has 118 valence electrons. The highest BCUT2D eigenvalue weighted by molar-refractivity contribution is 5.77. The van der Waals surface area contributed by atoms with E-state index in [9.17, 15) is 9.59 Å². The van der Waals surface area contributed by atoms with E-state index in [1.54, 1.807) is 0 Å². The van der Waals surface area contributed by atoms with E-state index in [-0.39, 0.29) is 12.5 Å². The van der Waals surface area contributed by atoms with Gasteiger partial charge in [-0.3, -0.25) is 4.79 Å². The molecule has 0 aliphatic carbocycles. The number of esters is 1. The Morgan fingerprint density at radius 1 is 1.00 bits per heavy atom. The van der Waals surface area contributed by atoms with Crippen LogP contribution in [0.25, 0.3) is 0 Å². The van der Waals surface area contributed by atoms with Crippen LogP contribution in [0.5, 0.6) is 0 Å². The van der Waals surface area contributed by atoms with Gasteiger partial charge in [0.05, 0.1) is 13.2 Å². The Labute approximate surface area is 122 Å². The third kappa shape index (κ3) is 13.2. The molecule has 0 aliphatic heterocycles. The standard InChI is InChI=1S/C15H29NO4/c1-4-5-6-7-8-9-10-19-14(17)11-16-15(18)20-12-13(2)3/h13H,4-12H2,1-3H3,(H,16,18). The first kappa shape index (κ1) is 18.7. The lowest BCUT2D eigenvalue weighted by Gasteiger charge is -2.08. The molecule has 0 atom stereocenters. The molecule has 0 radical (unpaired) electrons. The zero-order valence-corrected chi connectivity index (χ0v) is 13.1. The van der Waals surface area contributed by atoms with Gasteiger partial charge in [0.2, 0.25) is 0 Å². The van der Waals surface area contributed by atoms with Crippen molar-refractivity contribution in [3.8, 4) is 0 Å². The zero-order chi connectivity index (χ0) is 15.2. The van der Waals surface area contributed by atoms with Crippen molar-refractivity contribution < 1.29 is 19.1 Å². The first-order valence-corrected chi connectivity index (χ1v) is 7.62. The Morgan fingerprint density at radius 3 is 2.30 bits per heavy atom. The summed E-state index contributed by atoms with van der Waals surface area (Å²) in [6, 6.07) is 0. The summed E-state index contributed by atoms with van der Waals surface area (Å²) in [4.78, 5) is 22.5. The van der Waals surface area contributed by atoms with Gasteiger partial charge in [0.1, 0.15) is 6.54 Å². The molecule has 0 aliphatic rings. The first-order valence-electron chi connectivity index (χ1n) is 7.62. The molecule has 0 bridgehead atoms. The lowest BCUT2D eigenvalue weighted by Crippen LogP contribution is -2.32. The third-order valence-electron chi connectivity index (χ3n) is 2.69. The van der Waals surface area contributed by atoms with Gasteiger partial charge in [-0.25, -0.2) is 4.79 Å². The van der Waals surface area contributed by atoms with Crippen molar-refractivity contribution in [2.45, 2.75) is 59.3 Å². The van der Waals surface area contributed by atoms with E-state index >= 15 is 0 Å². The Kier molecular flexibility index (Phi) is 12.0. The van der Waals surface area contributed by atoms with Crippen LogP contribution in [-0.4, -0.2) is 31.8 Å². The molecule has 0 saturated carbocycles. The quantitative estimate of drug-likeness (QED) is 0.468. The molecule has 5 heteroatoms. The van der Waals surface area contributed by atoms with E-state index in [2.05, 4.69) is 12.2 Å². The highest BCUT2D eigenvalue weighted by Gasteiger charge is 2.07. The second kappa shape index (κ2) is 12.8. The largest absolute Gasteiger partial charge is 0.464 e. The summed E-state index contributed by atoms with van der Waals surface area (Å²) in [7, 11) is 0. The fraction of sp³-hybridized carbons (Fsp3) is 0.867. The monoisotopic (exact) mass is 287 g/mol. The number of carbonyl (C=O) groups excluding carboxylic acids is 2. The highest BCUT2D eigenvalue weighted by atomic mass is 16.6. The van der Waals surface area contributed by atoms with Crippen LogP contribution < -0.4 is 5.32 Å². The smallest absolute Gasteiger partial charge is 0.407 e. The lowest BCUT2D eigenvalue weighted by atomic mass is 10.1. The van der Waals surface area contributed by atoms with Crippen LogP contribution >= 0.6 is 0 Å². The lowest BCUT2D eigenvalue weighted by molar-refractivity contribution is -0.142. The van der Waals surface area contributed by atoms with Gasteiger partial charge in [0.15, 0.2) is 0 Å². The SMILES string of the molecule is CCCCCCCCOC(=O)CNC(=O)OCC(C)C. The summed E-state index contributed by atoms with van der Waals surface area (Å²) in [5, 5.41) is 2.37. The number of amides is 1. The Morgan fingerprint density at radius 2 is 1.65 bits per heavy atom. The minimum atomic E-state index is -0.574. The topological polar surface area (TPSA) is 64.6 Å². The van der Waals surface area contributed by atoms with Crippen LogP contribution in [-0.2, 0) is 14.3 Å². The maximum atomic E-state index is 11.3. The molecular weight excluding hydrogens is 258 g/mol. The van der Waals surface area contributed by atoms with E-state index in [1.807, 2.05) is 13.8 Å². The van der Waals surface area contributed by atoms with Crippen molar-refractivity contribution in [2.24, 2.45) is 5.92 Å². The number of ether oxygens (including phenoxy) is 2. The molecule has 0 aromatic heterocycles. The highest BCUT2D eigenvalue weighted by Crippen LogP contribution is 2.04. The average Bonchev–Trinajstić information content (AvgIpc) is 2.41. The molecule has 0 rings (SSSR count). The van der Waals surface area contributed by atoms with E-state index in [4.69, 9.17) is 9.47 Å². The van der Waals surface area contributed by atoms with Gasteiger partial charge in [0.25, 0.3) is 0 Å². The van der Waals surface area contributed by atoms with Crippen LogP contribution in [0.2, 0.25) is 0 Å². The fourth-order valence-corrected chi connectivity index (χ4v) is 1.56. The third-order valence-corrected chi connectivity index (χ3v) is 2.69. The Bertz CT molecular complexity index is 267. The van der Waals surface area contributed by atoms with Gasteiger partial charge in [-0.05, 0) is 12.3 Å². The van der Waals surface area contributed by atoms with Crippen LogP contribution in [0.15, 0.2) is 0 Å². The maximum Gasteiger partial charge on any atom is 0.407 e. The number of hydrogen-bond acceptors (Lipinski definition) is 4. The van der Waals surface area contributed by atoms with Crippen LogP contribution in [0.3, 0.4) is 0 Å². The molecule has 1 N–H and O–H groups in total. The van der Waals surface area contributed by atoms with Crippen LogP contribution in [0, 0.1) is 5.92 Å². The summed E-state index contributed by atoms with van der Waals surface area (Å²) in [5.74, 6) is -0.138. The van der Waals surface area contributed by atoms with Gasteiger partial charge in [-0.2, -0.15) is 0 Å². The molecule has 0 heterocycles. The predicted octanol–water partition coefficient (Wildman–Crippen LogP) is 3.27. The van der Waals surface area contributed by atoms with Gasteiger partial charge >= 0.3 is 12.1 Å². The van der Waals surface area contributed by atoms with Crippen molar-refractivity contribution in [3.63, 3.8) is 0 Å². The molecular formula is C15H29NO4. The van der Waals surface area contributed by atoms with Gasteiger partial charge in [-0.1, -0.05) is 52.9 Å². The van der Waals surface area contributed by atoms with Crippen LogP contribution in [0.4, 0.5) is 4.79 Å². The Hall–Kier alpha value is -1.26. The zero-order valence-electron chi connectivity index (χ0n) is 13.1. The minimum absolute atomic E-state index is 0.132. The molecule has 0 unspecified atom stereocenters. The number of hydrogen-bond donors (Lipinski definition) is 1. The molecule has 0 aromatic carbocycles. The first-order chi connectivity index (χ1) is 9.56. The van der Waals surface area contributed by atoms with Gasteiger partial charge in [-0.15, -0.1) is 0 Å².